The van der Waals surface area contributed by atoms with Gasteiger partial charge in [0.15, 0.2) is 0 Å². The van der Waals surface area contributed by atoms with Crippen LogP contribution in [-0.2, 0) is 29.3 Å². The van der Waals surface area contributed by atoms with Crippen molar-refractivity contribution in [2.45, 2.75) is 12.8 Å². The van der Waals surface area contributed by atoms with Crippen LogP contribution in [0.3, 0.4) is 0 Å². The molecular formula is C20H16N4Ni. The van der Waals surface area contributed by atoms with Crippen molar-refractivity contribution in [1.82, 2.24) is 19.9 Å². The molecule has 0 unspecified atom stereocenters. The molecule has 0 saturated carbocycles. The minimum absolute atomic E-state index is 0. The third-order valence-electron chi connectivity index (χ3n) is 4.33. The standard InChI is InChI=1S/C20H16N4.Ni/c1-2-14-10-16-5-6-18(23-16)12-20-8-7-19(24-20)11-17-4-3-15(22-17)9-13(1)21-14;/h1-6,9-12,21,24H,7-8H2;. The zero-order chi connectivity index (χ0) is 15.9. The van der Waals surface area contributed by atoms with Crippen LogP contribution in [0, 0.1) is 0 Å². The van der Waals surface area contributed by atoms with E-state index in [4.69, 9.17) is 0 Å². The number of aromatic amines is 2. The summed E-state index contributed by atoms with van der Waals surface area (Å²) in [5.41, 5.74) is 8.40. The number of aromatic nitrogens is 4. The van der Waals surface area contributed by atoms with Gasteiger partial charge in [0.25, 0.3) is 0 Å². The Kier molecular flexibility index (Phi) is 4.02. The Bertz CT molecular complexity index is 989. The van der Waals surface area contributed by atoms with Crippen molar-refractivity contribution in [2.24, 2.45) is 0 Å². The zero-order valence-corrected chi connectivity index (χ0v) is 14.4. The molecule has 0 aliphatic carbocycles. The van der Waals surface area contributed by atoms with Crippen LogP contribution in [0.1, 0.15) is 34.2 Å². The first kappa shape index (κ1) is 15.9. The van der Waals surface area contributed by atoms with E-state index in [0.29, 0.717) is 0 Å². The van der Waals surface area contributed by atoms with Gasteiger partial charge in [-0.25, -0.2) is 9.97 Å². The van der Waals surface area contributed by atoms with E-state index in [9.17, 15) is 0 Å². The number of fused-ring (bicyclic) bond motifs is 8. The van der Waals surface area contributed by atoms with Gasteiger partial charge in [0, 0.05) is 38.9 Å². The number of H-pyrrole nitrogens is 2. The summed E-state index contributed by atoms with van der Waals surface area (Å²) in [5, 5.41) is 0. The Labute approximate surface area is 155 Å². The fourth-order valence-corrected chi connectivity index (χ4v) is 3.20. The van der Waals surface area contributed by atoms with Gasteiger partial charge in [0.05, 0.1) is 22.8 Å². The fraction of sp³-hybridized carbons (Fsp3) is 0.100. The average molecular weight is 371 g/mol. The maximum Gasteiger partial charge on any atom is 0.0658 e. The van der Waals surface area contributed by atoms with Gasteiger partial charge in [-0.15, -0.1) is 0 Å². The molecule has 2 aromatic heterocycles. The normalized spacial score (nSPS) is 13.4. The zero-order valence-electron chi connectivity index (χ0n) is 13.4. The summed E-state index contributed by atoms with van der Waals surface area (Å²) in [5.74, 6) is 0. The van der Waals surface area contributed by atoms with E-state index in [1.165, 1.54) is 11.4 Å². The summed E-state index contributed by atoms with van der Waals surface area (Å²) in [6.07, 6.45) is 10.2. The van der Waals surface area contributed by atoms with Crippen LogP contribution in [-0.4, -0.2) is 19.9 Å². The van der Waals surface area contributed by atoms with Crippen LogP contribution in [0.4, 0.5) is 0 Å². The van der Waals surface area contributed by atoms with Gasteiger partial charge in [-0.05, 0) is 73.5 Å². The molecule has 0 saturated heterocycles. The van der Waals surface area contributed by atoms with Crippen LogP contribution < -0.4 is 0 Å². The van der Waals surface area contributed by atoms with Crippen LogP contribution in [0.25, 0.3) is 35.3 Å². The average Bonchev–Trinajstić information content (AvgIpc) is 3.32. The predicted octanol–water partition coefficient (Wildman–Crippen LogP) is 4.16. The number of nitrogens with zero attached hydrogens (tertiary/aromatic N) is 2. The molecule has 0 amide bonds. The number of nitrogens with one attached hydrogen (secondary N) is 2. The molecule has 2 aromatic rings. The summed E-state index contributed by atoms with van der Waals surface area (Å²) in [6.45, 7) is 0. The maximum absolute atomic E-state index is 4.67. The Morgan fingerprint density at radius 1 is 0.600 bits per heavy atom. The first-order valence-electron chi connectivity index (χ1n) is 8.14. The minimum Gasteiger partial charge on any atom is -0.362 e. The number of aryl methyl sites for hydroxylation is 2. The van der Waals surface area contributed by atoms with Crippen LogP contribution in [0.5, 0.6) is 0 Å². The molecule has 5 rings (SSSR count). The van der Waals surface area contributed by atoms with Gasteiger partial charge in [-0.1, -0.05) is 0 Å². The monoisotopic (exact) mass is 370 g/mol. The first-order chi connectivity index (χ1) is 11.8. The van der Waals surface area contributed by atoms with E-state index in [-0.39, 0.29) is 16.5 Å². The fourth-order valence-electron chi connectivity index (χ4n) is 3.20. The van der Waals surface area contributed by atoms with E-state index in [1.807, 2.05) is 12.2 Å². The third-order valence-corrected chi connectivity index (χ3v) is 4.33. The molecule has 25 heavy (non-hydrogen) atoms. The molecule has 8 bridgehead atoms. The Morgan fingerprint density at radius 2 is 1.04 bits per heavy atom. The molecule has 0 fully saturated rings. The van der Waals surface area contributed by atoms with E-state index in [1.54, 1.807) is 0 Å². The van der Waals surface area contributed by atoms with Crippen LogP contribution in [0.2, 0.25) is 0 Å². The molecule has 0 aromatic carbocycles. The van der Waals surface area contributed by atoms with Crippen molar-refractivity contribution in [3.8, 4) is 0 Å². The van der Waals surface area contributed by atoms with Crippen molar-refractivity contribution < 1.29 is 16.5 Å². The number of hydrogen-bond donors (Lipinski definition) is 2. The summed E-state index contributed by atoms with van der Waals surface area (Å²) >= 11 is 0. The van der Waals surface area contributed by atoms with Crippen molar-refractivity contribution in [3.63, 3.8) is 0 Å². The Balaban J connectivity index is 0.00000157. The number of rotatable bonds is 0. The maximum atomic E-state index is 4.67. The van der Waals surface area contributed by atoms with Crippen molar-refractivity contribution in [2.75, 3.05) is 0 Å². The largest absolute Gasteiger partial charge is 0.362 e. The summed E-state index contributed by atoms with van der Waals surface area (Å²) in [4.78, 5) is 16.2. The van der Waals surface area contributed by atoms with E-state index < -0.39 is 0 Å². The second-order valence-electron chi connectivity index (χ2n) is 6.21. The predicted molar refractivity (Wildman–Crippen MR) is 97.6 cm³/mol. The van der Waals surface area contributed by atoms with Gasteiger partial charge in [0.2, 0.25) is 0 Å². The smallest absolute Gasteiger partial charge is 0.0658 e. The second-order valence-corrected chi connectivity index (χ2v) is 6.21. The Morgan fingerprint density at radius 3 is 1.52 bits per heavy atom. The minimum atomic E-state index is 0. The summed E-state index contributed by atoms with van der Waals surface area (Å²) in [7, 11) is 0. The summed E-state index contributed by atoms with van der Waals surface area (Å²) in [6, 6.07) is 12.5. The molecule has 126 valence electrons. The SMILES string of the molecule is C1=Cc2cc3ccc(cc4nc(cc5[nH]c(cc1n2)CC5)C=C4)[nH]3.[Ni]. The molecule has 5 heteroatoms. The second kappa shape index (κ2) is 6.34. The summed E-state index contributed by atoms with van der Waals surface area (Å²) < 4.78 is 0. The molecule has 0 radical (unpaired) electrons. The van der Waals surface area contributed by atoms with Crippen molar-refractivity contribution >= 4 is 35.3 Å². The molecule has 0 spiro atoms. The van der Waals surface area contributed by atoms with Gasteiger partial charge < -0.3 is 9.97 Å². The number of hydrogen-bond acceptors (Lipinski definition) is 2. The van der Waals surface area contributed by atoms with Crippen molar-refractivity contribution in [3.05, 3.63) is 70.6 Å². The molecule has 2 N–H and O–H groups in total. The molecule has 3 aliphatic heterocycles. The third kappa shape index (κ3) is 3.28. The van der Waals surface area contributed by atoms with Gasteiger partial charge >= 0.3 is 0 Å². The van der Waals surface area contributed by atoms with E-state index in [2.05, 4.69) is 68.5 Å². The quantitative estimate of drug-likeness (QED) is 0.456. The van der Waals surface area contributed by atoms with Gasteiger partial charge in [-0.2, -0.15) is 0 Å². The van der Waals surface area contributed by atoms with E-state index in [0.717, 1.165) is 46.7 Å². The van der Waals surface area contributed by atoms with Gasteiger partial charge in [0.1, 0.15) is 0 Å². The molecule has 0 atom stereocenters. The molecule has 4 nitrogen and oxygen atoms in total. The van der Waals surface area contributed by atoms with Crippen LogP contribution in [0.15, 0.2) is 36.4 Å². The Hall–Kier alpha value is -2.65. The topological polar surface area (TPSA) is 57.4 Å². The molecule has 3 aliphatic rings. The van der Waals surface area contributed by atoms with E-state index >= 15 is 0 Å². The molecule has 5 heterocycles. The van der Waals surface area contributed by atoms with Crippen molar-refractivity contribution in [1.29, 1.82) is 0 Å². The first-order valence-corrected chi connectivity index (χ1v) is 8.14. The van der Waals surface area contributed by atoms with Gasteiger partial charge in [-0.3, -0.25) is 0 Å². The van der Waals surface area contributed by atoms with Crippen LogP contribution >= 0.6 is 0 Å². The molecular weight excluding hydrogens is 355 g/mol.